The summed E-state index contributed by atoms with van der Waals surface area (Å²) in [5.74, 6) is -1.37. The number of rotatable bonds is 3. The molecule has 0 unspecified atom stereocenters. The number of hydrogen-bond acceptors (Lipinski definition) is 3. The van der Waals surface area contributed by atoms with Crippen LogP contribution in [0.1, 0.15) is 18.4 Å². The summed E-state index contributed by atoms with van der Waals surface area (Å²) in [5, 5.41) is 3.43. The Balaban J connectivity index is 1.35. The second-order valence-electron chi connectivity index (χ2n) is 8.46. The Bertz CT molecular complexity index is 1060. The number of nitrogens with zero attached hydrogens (tertiary/aromatic N) is 3. The zero-order valence-electron chi connectivity index (χ0n) is 18.4. The summed E-state index contributed by atoms with van der Waals surface area (Å²) in [4.78, 5) is 43.0. The van der Waals surface area contributed by atoms with Gasteiger partial charge in [0, 0.05) is 49.9 Å². The van der Waals surface area contributed by atoms with E-state index in [9.17, 15) is 18.8 Å². The average Bonchev–Trinajstić information content (AvgIpc) is 3.00. The Hall–Kier alpha value is -3.13. The predicted molar refractivity (Wildman–Crippen MR) is 125 cm³/mol. The van der Waals surface area contributed by atoms with Crippen LogP contribution in [0.4, 0.5) is 20.6 Å². The van der Waals surface area contributed by atoms with Gasteiger partial charge in [-0.25, -0.2) is 9.18 Å². The van der Waals surface area contributed by atoms with Crippen LogP contribution in [0.2, 0.25) is 5.02 Å². The van der Waals surface area contributed by atoms with Gasteiger partial charge in [-0.1, -0.05) is 17.7 Å². The molecule has 0 radical (unpaired) electrons. The van der Waals surface area contributed by atoms with Crippen molar-refractivity contribution in [2.24, 2.45) is 5.92 Å². The number of hydrogen-bond donors (Lipinski definition) is 1. The molecule has 1 atom stereocenters. The fourth-order valence-electron chi connectivity index (χ4n) is 4.27. The minimum absolute atomic E-state index is 0.0589. The molecule has 0 saturated carbocycles. The Kier molecular flexibility index (Phi) is 6.83. The van der Waals surface area contributed by atoms with Gasteiger partial charge in [0.1, 0.15) is 5.82 Å². The van der Waals surface area contributed by atoms with Crippen molar-refractivity contribution >= 4 is 40.8 Å². The van der Waals surface area contributed by atoms with Crippen LogP contribution in [-0.4, -0.2) is 60.4 Å². The number of nitrogens with one attached hydrogen (secondary N) is 1. The lowest BCUT2D eigenvalue weighted by molar-refractivity contribution is -0.135. The van der Waals surface area contributed by atoms with Crippen molar-refractivity contribution in [1.29, 1.82) is 0 Å². The summed E-state index contributed by atoms with van der Waals surface area (Å²) in [5.41, 5.74) is 1.63. The molecular weight excluding hydrogens is 447 g/mol. The minimum atomic E-state index is -0.521. The molecule has 0 aliphatic carbocycles. The standard InChI is InChI=1S/C24H26ClFN4O3/c1-16-3-8-21(20(26)13-16)30-15-17(14-22(30)31)23(32)28-9-2-10-29(12-11-28)24(33)27-19-6-4-18(25)5-7-19/h3-8,13,17H,2,9-12,14-15H2,1H3,(H,27,33)/t17-/m1/s1. The molecule has 2 saturated heterocycles. The molecule has 2 aliphatic rings. The summed E-state index contributed by atoms with van der Waals surface area (Å²) >= 11 is 5.88. The quantitative estimate of drug-likeness (QED) is 0.736. The maximum absolute atomic E-state index is 14.4. The maximum Gasteiger partial charge on any atom is 0.321 e. The zero-order chi connectivity index (χ0) is 23.5. The Morgan fingerprint density at radius 3 is 2.45 bits per heavy atom. The van der Waals surface area contributed by atoms with Crippen LogP contribution < -0.4 is 10.2 Å². The molecule has 2 aliphatic heterocycles. The highest BCUT2D eigenvalue weighted by Crippen LogP contribution is 2.29. The smallest absolute Gasteiger partial charge is 0.321 e. The van der Waals surface area contributed by atoms with Crippen LogP contribution in [0.25, 0.3) is 0 Å². The topological polar surface area (TPSA) is 73.0 Å². The summed E-state index contributed by atoms with van der Waals surface area (Å²) in [7, 11) is 0. The molecule has 9 heteroatoms. The minimum Gasteiger partial charge on any atom is -0.341 e. The SMILES string of the molecule is Cc1ccc(N2C[C@H](C(=O)N3CCCN(C(=O)Nc4ccc(Cl)cc4)CC3)CC2=O)c(F)c1. The second kappa shape index (κ2) is 9.79. The van der Waals surface area contributed by atoms with Crippen molar-refractivity contribution in [2.75, 3.05) is 42.9 Å². The molecule has 4 amide bonds. The Morgan fingerprint density at radius 2 is 1.73 bits per heavy atom. The van der Waals surface area contributed by atoms with E-state index < -0.39 is 11.7 Å². The lowest BCUT2D eigenvalue weighted by atomic mass is 10.1. The number of halogens is 2. The van der Waals surface area contributed by atoms with Crippen LogP contribution in [0.5, 0.6) is 0 Å². The fraction of sp³-hybridized carbons (Fsp3) is 0.375. The first-order valence-electron chi connectivity index (χ1n) is 11.0. The van der Waals surface area contributed by atoms with Crippen molar-refractivity contribution in [3.63, 3.8) is 0 Å². The van der Waals surface area contributed by atoms with Gasteiger partial charge in [-0.15, -0.1) is 0 Å². The van der Waals surface area contributed by atoms with E-state index in [1.165, 1.54) is 11.0 Å². The van der Waals surface area contributed by atoms with Crippen molar-refractivity contribution in [2.45, 2.75) is 19.8 Å². The first-order chi connectivity index (χ1) is 15.8. The van der Waals surface area contributed by atoms with Gasteiger partial charge in [0.05, 0.1) is 11.6 Å². The summed E-state index contributed by atoms with van der Waals surface area (Å²) < 4.78 is 14.4. The fourth-order valence-corrected chi connectivity index (χ4v) is 4.40. The van der Waals surface area contributed by atoms with E-state index >= 15 is 0 Å². The van der Waals surface area contributed by atoms with Gasteiger partial charge in [-0.05, 0) is 55.3 Å². The van der Waals surface area contributed by atoms with Gasteiger partial charge in [0.25, 0.3) is 0 Å². The molecule has 2 aromatic carbocycles. The van der Waals surface area contributed by atoms with Crippen LogP contribution in [0.3, 0.4) is 0 Å². The van der Waals surface area contributed by atoms with Crippen molar-refractivity contribution in [1.82, 2.24) is 9.80 Å². The molecule has 7 nitrogen and oxygen atoms in total. The first-order valence-corrected chi connectivity index (χ1v) is 11.4. The number of carbonyl (C=O) groups is 3. The van der Waals surface area contributed by atoms with E-state index in [0.29, 0.717) is 43.3 Å². The number of aryl methyl sites for hydroxylation is 1. The van der Waals surface area contributed by atoms with E-state index in [-0.39, 0.29) is 36.5 Å². The molecule has 0 spiro atoms. The third-order valence-electron chi connectivity index (χ3n) is 6.06. The van der Waals surface area contributed by atoms with Crippen molar-refractivity contribution in [3.8, 4) is 0 Å². The molecule has 0 aromatic heterocycles. The van der Waals surface area contributed by atoms with Gasteiger partial charge in [0.15, 0.2) is 0 Å². The summed E-state index contributed by atoms with van der Waals surface area (Å²) in [6, 6.07) is 11.3. The molecule has 2 aromatic rings. The van der Waals surface area contributed by atoms with E-state index in [1.807, 2.05) is 0 Å². The first kappa shape index (κ1) is 23.0. The molecular formula is C24H26ClFN4O3. The molecule has 1 N–H and O–H groups in total. The highest BCUT2D eigenvalue weighted by Gasteiger charge is 2.38. The number of anilines is 2. The van der Waals surface area contributed by atoms with Gasteiger partial charge in [0.2, 0.25) is 11.8 Å². The van der Waals surface area contributed by atoms with E-state index in [2.05, 4.69) is 5.32 Å². The second-order valence-corrected chi connectivity index (χ2v) is 8.90. The highest BCUT2D eigenvalue weighted by molar-refractivity contribution is 6.30. The average molecular weight is 473 g/mol. The molecule has 33 heavy (non-hydrogen) atoms. The lowest BCUT2D eigenvalue weighted by Gasteiger charge is -2.25. The predicted octanol–water partition coefficient (Wildman–Crippen LogP) is 3.91. The van der Waals surface area contributed by atoms with Gasteiger partial charge >= 0.3 is 6.03 Å². The van der Waals surface area contributed by atoms with Crippen LogP contribution >= 0.6 is 11.6 Å². The molecule has 2 fully saturated rings. The van der Waals surface area contributed by atoms with Gasteiger partial charge in [-0.2, -0.15) is 0 Å². The normalized spacial score (nSPS) is 18.9. The molecule has 2 heterocycles. The third kappa shape index (κ3) is 5.27. The Labute approximate surface area is 197 Å². The van der Waals surface area contributed by atoms with Crippen LogP contribution in [0.15, 0.2) is 42.5 Å². The molecule has 0 bridgehead atoms. The number of benzene rings is 2. The number of amides is 4. The number of urea groups is 1. The van der Waals surface area contributed by atoms with Gasteiger partial charge in [-0.3, -0.25) is 9.59 Å². The van der Waals surface area contributed by atoms with Crippen LogP contribution in [0, 0.1) is 18.7 Å². The molecule has 174 valence electrons. The van der Waals surface area contributed by atoms with E-state index in [0.717, 1.165) is 5.56 Å². The zero-order valence-corrected chi connectivity index (χ0v) is 19.1. The number of carbonyl (C=O) groups excluding carboxylic acids is 3. The largest absolute Gasteiger partial charge is 0.341 e. The monoisotopic (exact) mass is 472 g/mol. The van der Waals surface area contributed by atoms with E-state index in [1.54, 1.807) is 53.1 Å². The maximum atomic E-state index is 14.4. The summed E-state index contributed by atoms with van der Waals surface area (Å²) in [6.45, 7) is 3.75. The van der Waals surface area contributed by atoms with Crippen molar-refractivity contribution < 1.29 is 18.8 Å². The lowest BCUT2D eigenvalue weighted by Crippen LogP contribution is -2.41. The van der Waals surface area contributed by atoms with Gasteiger partial charge < -0.3 is 20.0 Å². The van der Waals surface area contributed by atoms with Crippen LogP contribution in [-0.2, 0) is 9.59 Å². The Morgan fingerprint density at radius 1 is 1.03 bits per heavy atom. The summed E-state index contributed by atoms with van der Waals surface area (Å²) in [6.07, 6.45) is 0.695. The van der Waals surface area contributed by atoms with Crippen molar-refractivity contribution in [3.05, 3.63) is 58.9 Å². The highest BCUT2D eigenvalue weighted by atomic mass is 35.5. The molecule has 4 rings (SSSR count). The van der Waals surface area contributed by atoms with E-state index in [4.69, 9.17) is 11.6 Å². The third-order valence-corrected chi connectivity index (χ3v) is 6.31.